The van der Waals surface area contributed by atoms with Crippen LogP contribution in [0.3, 0.4) is 0 Å². The molecule has 0 heterocycles. The number of nitrogens with one attached hydrogen (secondary N) is 3. The molecular weight excluding hydrogens is 388 g/mol. The number of aliphatic hydroxyl groups excluding tert-OH is 1. The molecule has 29 heavy (non-hydrogen) atoms. The first kappa shape index (κ1) is 26.3. The number of amides is 3. The summed E-state index contributed by atoms with van der Waals surface area (Å²) in [6, 6.07) is -3.68. The molecule has 5 atom stereocenters. The van der Waals surface area contributed by atoms with E-state index in [2.05, 4.69) is 16.0 Å². The monoisotopic (exact) mass is 418 g/mol. The highest BCUT2D eigenvalue weighted by molar-refractivity contribution is 5.94. The summed E-state index contributed by atoms with van der Waals surface area (Å²) < 4.78 is 0. The molecule has 0 aromatic heterocycles. The van der Waals surface area contributed by atoms with Crippen LogP contribution in [0.5, 0.6) is 0 Å². The number of hydrogen-bond acceptors (Lipinski definition) is 7. The second-order valence-corrected chi connectivity index (χ2v) is 6.74. The Kier molecular flexibility index (Phi) is 11.5. The highest BCUT2D eigenvalue weighted by atomic mass is 16.4. The summed E-state index contributed by atoms with van der Waals surface area (Å²) in [7, 11) is 0. The van der Waals surface area contributed by atoms with Gasteiger partial charge in [0.15, 0.2) is 0 Å². The van der Waals surface area contributed by atoms with E-state index in [-0.39, 0.29) is 12.3 Å². The first-order valence-electron chi connectivity index (χ1n) is 9.16. The molecule has 0 aromatic carbocycles. The Morgan fingerprint density at radius 3 is 1.97 bits per heavy atom. The second-order valence-electron chi connectivity index (χ2n) is 6.74. The standard InChI is InChI=1S/C17H30N4O8/c1-4-8(2)14(21-16(28)13(18)9(3)22)17(29)20-10(5-6-11(23)24)15(27)19-7-12(25)26/h8-10,13-14,22H,4-7,18H2,1-3H3,(H,19,27)(H,20,29)(H,21,28)(H,23,24)(H,25,26). The van der Waals surface area contributed by atoms with Gasteiger partial charge in [-0.15, -0.1) is 0 Å². The van der Waals surface area contributed by atoms with Crippen LogP contribution in [-0.2, 0) is 24.0 Å². The number of aliphatic carboxylic acids is 2. The molecule has 8 N–H and O–H groups in total. The highest BCUT2D eigenvalue weighted by Gasteiger charge is 2.32. The zero-order valence-electron chi connectivity index (χ0n) is 16.7. The van der Waals surface area contributed by atoms with Gasteiger partial charge in [0.05, 0.1) is 6.10 Å². The number of rotatable bonds is 13. The molecule has 3 amide bonds. The number of hydrogen-bond donors (Lipinski definition) is 7. The summed E-state index contributed by atoms with van der Waals surface area (Å²) in [6.07, 6.45) is -1.40. The van der Waals surface area contributed by atoms with Gasteiger partial charge in [0.25, 0.3) is 0 Å². The SMILES string of the molecule is CCC(C)C(NC(=O)C(N)C(C)O)C(=O)NC(CCC(=O)O)C(=O)NCC(=O)O. The van der Waals surface area contributed by atoms with Gasteiger partial charge in [-0.2, -0.15) is 0 Å². The van der Waals surface area contributed by atoms with E-state index in [4.69, 9.17) is 15.9 Å². The number of carbonyl (C=O) groups is 5. The summed E-state index contributed by atoms with van der Waals surface area (Å²) in [5.41, 5.74) is 5.57. The topological polar surface area (TPSA) is 208 Å². The van der Waals surface area contributed by atoms with Crippen molar-refractivity contribution in [3.05, 3.63) is 0 Å². The van der Waals surface area contributed by atoms with Crippen molar-refractivity contribution in [3.63, 3.8) is 0 Å². The molecule has 0 aliphatic carbocycles. The van der Waals surface area contributed by atoms with Crippen molar-refractivity contribution in [2.75, 3.05) is 6.54 Å². The first-order valence-corrected chi connectivity index (χ1v) is 9.16. The molecule has 0 rings (SSSR count). The van der Waals surface area contributed by atoms with Crippen molar-refractivity contribution >= 4 is 29.7 Å². The summed E-state index contributed by atoms with van der Waals surface area (Å²) >= 11 is 0. The van der Waals surface area contributed by atoms with Crippen LogP contribution >= 0.6 is 0 Å². The fourth-order valence-corrected chi connectivity index (χ4v) is 2.25. The lowest BCUT2D eigenvalue weighted by atomic mass is 9.97. The highest BCUT2D eigenvalue weighted by Crippen LogP contribution is 2.10. The molecule has 0 aromatic rings. The number of nitrogens with two attached hydrogens (primary N) is 1. The van der Waals surface area contributed by atoms with Gasteiger partial charge in [-0.1, -0.05) is 20.3 Å². The molecule has 12 nitrogen and oxygen atoms in total. The molecule has 0 saturated carbocycles. The summed E-state index contributed by atoms with van der Waals surface area (Å²) in [5, 5.41) is 33.8. The third-order valence-electron chi connectivity index (χ3n) is 4.31. The molecule has 5 unspecified atom stereocenters. The third kappa shape index (κ3) is 9.85. The predicted molar refractivity (Wildman–Crippen MR) is 100 cm³/mol. The average molecular weight is 418 g/mol. The molecular formula is C17H30N4O8. The van der Waals surface area contributed by atoms with Crippen LogP contribution in [-0.4, -0.2) is 75.8 Å². The summed E-state index contributed by atoms with van der Waals surface area (Å²) in [5.74, 6) is -5.27. The van der Waals surface area contributed by atoms with Crippen LogP contribution in [0, 0.1) is 5.92 Å². The number of aliphatic hydroxyl groups is 1. The third-order valence-corrected chi connectivity index (χ3v) is 4.31. The van der Waals surface area contributed by atoms with Crippen LogP contribution in [0.15, 0.2) is 0 Å². The molecule has 0 bridgehead atoms. The van der Waals surface area contributed by atoms with Crippen molar-refractivity contribution in [3.8, 4) is 0 Å². The minimum Gasteiger partial charge on any atom is -0.481 e. The van der Waals surface area contributed by atoms with Gasteiger partial charge in [-0.25, -0.2) is 0 Å². The van der Waals surface area contributed by atoms with E-state index in [1.807, 2.05) is 0 Å². The smallest absolute Gasteiger partial charge is 0.322 e. The first-order chi connectivity index (χ1) is 13.4. The van der Waals surface area contributed by atoms with Gasteiger partial charge in [0, 0.05) is 6.42 Å². The zero-order valence-corrected chi connectivity index (χ0v) is 16.7. The Balaban J connectivity index is 5.36. The van der Waals surface area contributed by atoms with Crippen molar-refractivity contribution in [2.24, 2.45) is 11.7 Å². The van der Waals surface area contributed by atoms with E-state index in [1.165, 1.54) is 6.92 Å². The summed E-state index contributed by atoms with van der Waals surface area (Å²) in [4.78, 5) is 58.4. The van der Waals surface area contributed by atoms with E-state index in [0.717, 1.165) is 0 Å². The Bertz CT molecular complexity index is 610. The Morgan fingerprint density at radius 1 is 0.931 bits per heavy atom. The van der Waals surface area contributed by atoms with E-state index >= 15 is 0 Å². The molecule has 0 aliphatic rings. The largest absolute Gasteiger partial charge is 0.481 e. The number of carbonyl (C=O) groups excluding carboxylic acids is 3. The van der Waals surface area contributed by atoms with Crippen LogP contribution in [0.4, 0.5) is 0 Å². The summed E-state index contributed by atoms with van der Waals surface area (Å²) in [6.45, 7) is 4.06. The lowest BCUT2D eigenvalue weighted by Gasteiger charge is -2.27. The number of carboxylic acid groups (broad SMARTS) is 2. The van der Waals surface area contributed by atoms with Crippen molar-refractivity contribution in [1.29, 1.82) is 0 Å². The van der Waals surface area contributed by atoms with Gasteiger partial charge in [0.1, 0.15) is 24.7 Å². The molecule has 166 valence electrons. The predicted octanol–water partition coefficient (Wildman–Crippen LogP) is -2.22. The van der Waals surface area contributed by atoms with Crippen molar-refractivity contribution in [1.82, 2.24) is 16.0 Å². The molecule has 0 saturated heterocycles. The maximum atomic E-state index is 12.7. The van der Waals surface area contributed by atoms with Crippen LogP contribution in [0.1, 0.15) is 40.0 Å². The normalized spacial score (nSPS) is 15.9. The quantitative estimate of drug-likeness (QED) is 0.172. The Morgan fingerprint density at radius 2 is 1.52 bits per heavy atom. The van der Waals surface area contributed by atoms with E-state index in [0.29, 0.717) is 6.42 Å². The Hall–Kier alpha value is -2.73. The van der Waals surface area contributed by atoms with Crippen LogP contribution < -0.4 is 21.7 Å². The van der Waals surface area contributed by atoms with Gasteiger partial charge in [-0.05, 0) is 19.3 Å². The molecule has 0 spiro atoms. The fraction of sp³-hybridized carbons (Fsp3) is 0.706. The average Bonchev–Trinajstić information content (AvgIpc) is 2.65. The zero-order chi connectivity index (χ0) is 22.7. The lowest BCUT2D eigenvalue weighted by molar-refractivity contribution is -0.140. The fourth-order valence-electron chi connectivity index (χ4n) is 2.25. The second kappa shape index (κ2) is 12.7. The van der Waals surface area contributed by atoms with Crippen LogP contribution in [0.2, 0.25) is 0 Å². The van der Waals surface area contributed by atoms with E-state index < -0.39 is 66.9 Å². The minimum absolute atomic E-state index is 0.277. The van der Waals surface area contributed by atoms with Crippen molar-refractivity contribution in [2.45, 2.75) is 64.3 Å². The molecule has 0 radical (unpaired) electrons. The Labute approximate surface area is 168 Å². The molecule has 12 heteroatoms. The lowest BCUT2D eigenvalue weighted by Crippen LogP contribution is -2.59. The molecule has 0 aliphatic heterocycles. The molecule has 0 fully saturated rings. The van der Waals surface area contributed by atoms with Gasteiger partial charge < -0.3 is 37.0 Å². The van der Waals surface area contributed by atoms with Gasteiger partial charge in [-0.3, -0.25) is 24.0 Å². The maximum absolute atomic E-state index is 12.7. The van der Waals surface area contributed by atoms with E-state index in [9.17, 15) is 29.1 Å². The van der Waals surface area contributed by atoms with E-state index in [1.54, 1.807) is 13.8 Å². The maximum Gasteiger partial charge on any atom is 0.322 e. The van der Waals surface area contributed by atoms with Gasteiger partial charge >= 0.3 is 11.9 Å². The van der Waals surface area contributed by atoms with Crippen molar-refractivity contribution < 1.29 is 39.3 Å². The van der Waals surface area contributed by atoms with Gasteiger partial charge in [0.2, 0.25) is 17.7 Å². The number of carboxylic acids is 2. The van der Waals surface area contributed by atoms with Crippen LogP contribution in [0.25, 0.3) is 0 Å². The minimum atomic E-state index is -1.31.